The van der Waals surface area contributed by atoms with Gasteiger partial charge in [0.05, 0.1) is 24.1 Å². The molecule has 1 aromatic heterocycles. The zero-order valence-electron chi connectivity index (χ0n) is 14.7. The van der Waals surface area contributed by atoms with Crippen molar-refractivity contribution >= 4 is 29.3 Å². The Morgan fingerprint density at radius 3 is 2.78 bits per heavy atom. The van der Waals surface area contributed by atoms with E-state index in [4.69, 9.17) is 0 Å². The standard InChI is InChI=1S/C18H17N5O3S/c1-12-5-3-8-15(9-12)23-18(20-21-22-23)27-11-16(24)19-14-7-4-6-13(10-14)17(25)26-2/h3-10H,11H2,1-2H3,(H,19,24). The number of benzene rings is 2. The van der Waals surface area contributed by atoms with E-state index in [-0.39, 0.29) is 11.7 Å². The maximum Gasteiger partial charge on any atom is 0.337 e. The van der Waals surface area contributed by atoms with Crippen LogP contribution in [0.2, 0.25) is 0 Å². The molecule has 0 saturated heterocycles. The van der Waals surface area contributed by atoms with Crippen LogP contribution in [0, 0.1) is 6.92 Å². The topological polar surface area (TPSA) is 99.0 Å². The van der Waals surface area contributed by atoms with Crippen LogP contribution in [-0.2, 0) is 9.53 Å². The summed E-state index contributed by atoms with van der Waals surface area (Å²) in [5.74, 6) is -0.576. The molecule has 8 nitrogen and oxygen atoms in total. The second-order valence-corrected chi connectivity index (χ2v) is 6.56. The summed E-state index contributed by atoms with van der Waals surface area (Å²) in [5, 5.41) is 14.9. The number of hydrogen-bond acceptors (Lipinski definition) is 7. The molecule has 1 N–H and O–H groups in total. The van der Waals surface area contributed by atoms with Crippen molar-refractivity contribution in [2.24, 2.45) is 0 Å². The first-order valence-electron chi connectivity index (χ1n) is 8.03. The predicted octanol–water partition coefficient (Wildman–Crippen LogP) is 2.49. The third-order valence-electron chi connectivity index (χ3n) is 3.59. The summed E-state index contributed by atoms with van der Waals surface area (Å²) in [6, 6.07) is 14.3. The fraction of sp³-hybridized carbons (Fsp3) is 0.167. The molecule has 3 rings (SSSR count). The van der Waals surface area contributed by atoms with Crippen LogP contribution in [0.25, 0.3) is 5.69 Å². The van der Waals surface area contributed by atoms with E-state index in [1.54, 1.807) is 28.9 Å². The van der Waals surface area contributed by atoms with E-state index in [1.807, 2.05) is 31.2 Å². The number of anilines is 1. The fourth-order valence-corrected chi connectivity index (χ4v) is 3.05. The molecule has 3 aromatic rings. The molecule has 1 heterocycles. The van der Waals surface area contributed by atoms with Crippen molar-refractivity contribution in [2.45, 2.75) is 12.1 Å². The first kappa shape index (κ1) is 18.6. The Morgan fingerprint density at radius 1 is 1.19 bits per heavy atom. The number of aryl methyl sites for hydroxylation is 1. The van der Waals surface area contributed by atoms with Gasteiger partial charge < -0.3 is 10.1 Å². The molecule has 2 aromatic carbocycles. The molecule has 0 aliphatic carbocycles. The number of carbonyl (C=O) groups excluding carboxylic acids is 2. The molecule has 0 atom stereocenters. The molecule has 27 heavy (non-hydrogen) atoms. The fourth-order valence-electron chi connectivity index (χ4n) is 2.36. The molecule has 0 aliphatic rings. The summed E-state index contributed by atoms with van der Waals surface area (Å²) in [6.07, 6.45) is 0. The Hall–Kier alpha value is -3.20. The van der Waals surface area contributed by atoms with Gasteiger partial charge in [0.15, 0.2) is 0 Å². The Labute approximate surface area is 159 Å². The van der Waals surface area contributed by atoms with Crippen LogP contribution in [0.5, 0.6) is 0 Å². The minimum Gasteiger partial charge on any atom is -0.465 e. The van der Waals surface area contributed by atoms with Gasteiger partial charge in [-0.1, -0.05) is 30.0 Å². The molecule has 9 heteroatoms. The quantitative estimate of drug-likeness (QED) is 0.516. The lowest BCUT2D eigenvalue weighted by Gasteiger charge is -2.07. The number of hydrogen-bond donors (Lipinski definition) is 1. The number of esters is 1. The van der Waals surface area contributed by atoms with E-state index in [2.05, 4.69) is 25.6 Å². The number of nitrogens with one attached hydrogen (secondary N) is 1. The van der Waals surface area contributed by atoms with Crippen molar-refractivity contribution in [1.82, 2.24) is 20.2 Å². The first-order chi connectivity index (χ1) is 13.1. The number of ether oxygens (including phenoxy) is 1. The molecule has 1 amide bonds. The van der Waals surface area contributed by atoms with Gasteiger partial charge in [0.1, 0.15) is 0 Å². The van der Waals surface area contributed by atoms with Crippen LogP contribution in [0.4, 0.5) is 5.69 Å². The van der Waals surface area contributed by atoms with Crippen LogP contribution in [-0.4, -0.2) is 44.9 Å². The van der Waals surface area contributed by atoms with E-state index < -0.39 is 5.97 Å². The number of tetrazole rings is 1. The average molecular weight is 383 g/mol. The second-order valence-electron chi connectivity index (χ2n) is 5.62. The van der Waals surface area contributed by atoms with Gasteiger partial charge in [-0.25, -0.2) is 4.79 Å². The second kappa shape index (κ2) is 8.45. The summed E-state index contributed by atoms with van der Waals surface area (Å²) >= 11 is 1.22. The summed E-state index contributed by atoms with van der Waals surface area (Å²) in [6.45, 7) is 1.98. The molecule has 0 unspecified atom stereocenters. The molecular formula is C18H17N5O3S. The Balaban J connectivity index is 1.64. The number of amides is 1. The molecular weight excluding hydrogens is 366 g/mol. The number of carbonyl (C=O) groups is 2. The molecule has 0 bridgehead atoms. The van der Waals surface area contributed by atoms with Crippen LogP contribution in [0.1, 0.15) is 15.9 Å². The summed E-state index contributed by atoms with van der Waals surface area (Å²) in [7, 11) is 1.31. The van der Waals surface area contributed by atoms with Crippen LogP contribution in [0.3, 0.4) is 0 Å². The van der Waals surface area contributed by atoms with Crippen molar-refractivity contribution < 1.29 is 14.3 Å². The van der Waals surface area contributed by atoms with Gasteiger partial charge in [-0.05, 0) is 53.2 Å². The van der Waals surface area contributed by atoms with Crippen molar-refractivity contribution in [2.75, 3.05) is 18.2 Å². The van der Waals surface area contributed by atoms with Gasteiger partial charge in [-0.3, -0.25) is 4.79 Å². The van der Waals surface area contributed by atoms with E-state index in [0.29, 0.717) is 16.4 Å². The number of methoxy groups -OCH3 is 1. The molecule has 0 fully saturated rings. The first-order valence-corrected chi connectivity index (χ1v) is 9.02. The van der Waals surface area contributed by atoms with E-state index in [9.17, 15) is 9.59 Å². The van der Waals surface area contributed by atoms with Gasteiger partial charge >= 0.3 is 5.97 Å². The number of nitrogens with zero attached hydrogens (tertiary/aromatic N) is 4. The minimum absolute atomic E-state index is 0.120. The lowest BCUT2D eigenvalue weighted by Crippen LogP contribution is -2.15. The summed E-state index contributed by atoms with van der Waals surface area (Å²) in [5.41, 5.74) is 2.80. The van der Waals surface area contributed by atoms with E-state index in [1.165, 1.54) is 18.9 Å². The minimum atomic E-state index is -0.460. The van der Waals surface area contributed by atoms with Crippen molar-refractivity contribution in [1.29, 1.82) is 0 Å². The van der Waals surface area contributed by atoms with Crippen molar-refractivity contribution in [3.05, 3.63) is 59.7 Å². The van der Waals surface area contributed by atoms with Gasteiger partial charge in [0.2, 0.25) is 11.1 Å². The number of rotatable bonds is 6. The Morgan fingerprint density at radius 2 is 2.00 bits per heavy atom. The highest BCUT2D eigenvalue weighted by Crippen LogP contribution is 2.19. The molecule has 0 saturated carbocycles. The average Bonchev–Trinajstić information content (AvgIpc) is 3.14. The summed E-state index contributed by atoms with van der Waals surface area (Å²) in [4.78, 5) is 23.8. The highest BCUT2D eigenvalue weighted by atomic mass is 32.2. The SMILES string of the molecule is COC(=O)c1cccc(NC(=O)CSc2nnnn2-c2cccc(C)c2)c1. The highest BCUT2D eigenvalue weighted by Gasteiger charge is 2.13. The van der Waals surface area contributed by atoms with E-state index in [0.717, 1.165) is 11.3 Å². The molecule has 138 valence electrons. The Kier molecular flexibility index (Phi) is 5.82. The lowest BCUT2D eigenvalue weighted by molar-refractivity contribution is -0.113. The van der Waals surface area contributed by atoms with Crippen molar-refractivity contribution in [3.8, 4) is 5.69 Å². The zero-order valence-corrected chi connectivity index (χ0v) is 15.6. The Bertz CT molecular complexity index is 973. The number of thioether (sulfide) groups is 1. The van der Waals surface area contributed by atoms with Gasteiger partial charge in [0.25, 0.3) is 0 Å². The van der Waals surface area contributed by atoms with Crippen LogP contribution < -0.4 is 5.32 Å². The third kappa shape index (κ3) is 4.70. The third-order valence-corrected chi connectivity index (χ3v) is 4.51. The van der Waals surface area contributed by atoms with Crippen molar-refractivity contribution in [3.63, 3.8) is 0 Å². The molecule has 0 radical (unpaired) electrons. The molecule has 0 aliphatic heterocycles. The lowest BCUT2D eigenvalue weighted by atomic mass is 10.2. The van der Waals surface area contributed by atoms with Gasteiger partial charge in [-0.2, -0.15) is 4.68 Å². The van der Waals surface area contributed by atoms with Crippen LogP contribution >= 0.6 is 11.8 Å². The largest absolute Gasteiger partial charge is 0.465 e. The zero-order chi connectivity index (χ0) is 19.2. The predicted molar refractivity (Wildman–Crippen MR) is 101 cm³/mol. The number of aromatic nitrogens is 4. The van der Waals surface area contributed by atoms with Gasteiger partial charge in [-0.15, -0.1) is 5.10 Å². The summed E-state index contributed by atoms with van der Waals surface area (Å²) < 4.78 is 6.26. The maximum atomic E-state index is 12.2. The van der Waals surface area contributed by atoms with Crippen LogP contribution in [0.15, 0.2) is 53.7 Å². The monoisotopic (exact) mass is 383 g/mol. The molecule has 0 spiro atoms. The maximum absolute atomic E-state index is 12.2. The van der Waals surface area contributed by atoms with E-state index >= 15 is 0 Å². The highest BCUT2D eigenvalue weighted by molar-refractivity contribution is 7.99. The normalized spacial score (nSPS) is 10.4. The smallest absolute Gasteiger partial charge is 0.337 e. The van der Waals surface area contributed by atoms with Gasteiger partial charge in [0, 0.05) is 5.69 Å².